The van der Waals surface area contributed by atoms with Crippen molar-refractivity contribution in [3.05, 3.63) is 23.9 Å². The highest BCUT2D eigenvalue weighted by molar-refractivity contribution is 5.23. The molecule has 0 heterocycles. The van der Waals surface area contributed by atoms with Gasteiger partial charge in [0.1, 0.15) is 0 Å². The summed E-state index contributed by atoms with van der Waals surface area (Å²) in [5.74, 6) is 0. The fourth-order valence-corrected chi connectivity index (χ4v) is 0.883. The molecule has 0 aromatic rings. The van der Waals surface area contributed by atoms with Gasteiger partial charge >= 0.3 is 0 Å². The average molecular weight is 183 g/mol. The number of rotatable bonds is 1. The third kappa shape index (κ3) is 9.19. The number of nitrogens with two attached hydrogens (primary N) is 1. The van der Waals surface area contributed by atoms with Crippen LogP contribution < -0.4 is 5.73 Å². The molecule has 0 amide bonds. The Hall–Kier alpha value is -0.720. The van der Waals surface area contributed by atoms with Crippen molar-refractivity contribution >= 4 is 0 Å². The van der Waals surface area contributed by atoms with Crippen molar-refractivity contribution in [3.63, 3.8) is 0 Å². The molecule has 1 heteroatoms. The molecule has 0 bridgehead atoms. The molecule has 13 heavy (non-hydrogen) atoms. The lowest BCUT2D eigenvalue weighted by Crippen LogP contribution is -2.07. The van der Waals surface area contributed by atoms with Crippen LogP contribution in [0, 0.1) is 5.41 Å². The fraction of sp³-hybridized carbons (Fsp3) is 0.667. The molecule has 0 aromatic heterocycles. The Bertz CT molecular complexity index is 158. The van der Waals surface area contributed by atoms with Crippen molar-refractivity contribution in [3.8, 4) is 0 Å². The summed E-state index contributed by atoms with van der Waals surface area (Å²) >= 11 is 0. The van der Waals surface area contributed by atoms with Gasteiger partial charge in [-0.3, -0.25) is 0 Å². The SMILES string of the molecule is C/C=C(\C=C/N)C(C)(C)C.CCC. The van der Waals surface area contributed by atoms with Gasteiger partial charge in [0, 0.05) is 0 Å². The van der Waals surface area contributed by atoms with Crippen LogP contribution in [0.1, 0.15) is 48.0 Å². The van der Waals surface area contributed by atoms with Gasteiger partial charge in [-0.25, -0.2) is 0 Å². The second kappa shape index (κ2) is 7.90. The molecule has 1 nitrogen and oxygen atoms in total. The molecule has 0 unspecified atom stereocenters. The monoisotopic (exact) mass is 183 g/mol. The molecule has 0 aromatic carbocycles. The largest absolute Gasteiger partial charge is 0.405 e. The van der Waals surface area contributed by atoms with Crippen molar-refractivity contribution in [2.75, 3.05) is 0 Å². The summed E-state index contributed by atoms with van der Waals surface area (Å²) in [6.07, 6.45) is 6.87. The lowest BCUT2D eigenvalue weighted by molar-refractivity contribution is 0.516. The fourth-order valence-electron chi connectivity index (χ4n) is 0.883. The predicted octanol–water partition coefficient (Wildman–Crippen LogP) is 3.87. The lowest BCUT2D eigenvalue weighted by atomic mass is 9.86. The maximum Gasteiger partial charge on any atom is -0.00595 e. The maximum absolute atomic E-state index is 5.28. The van der Waals surface area contributed by atoms with Gasteiger partial charge in [0.2, 0.25) is 0 Å². The Kier molecular flexibility index (Phi) is 8.99. The van der Waals surface area contributed by atoms with Crippen LogP contribution in [0.15, 0.2) is 23.9 Å². The summed E-state index contributed by atoms with van der Waals surface area (Å²) in [4.78, 5) is 0. The second-order valence-corrected chi connectivity index (χ2v) is 4.06. The van der Waals surface area contributed by atoms with Crippen molar-refractivity contribution in [1.29, 1.82) is 0 Å². The lowest BCUT2D eigenvalue weighted by Gasteiger charge is -2.19. The Morgan fingerprint density at radius 2 is 1.62 bits per heavy atom. The Labute approximate surface area is 83.7 Å². The summed E-state index contributed by atoms with van der Waals surface area (Å²) in [7, 11) is 0. The minimum Gasteiger partial charge on any atom is -0.405 e. The van der Waals surface area contributed by atoms with E-state index >= 15 is 0 Å². The Morgan fingerprint density at radius 1 is 1.23 bits per heavy atom. The minimum absolute atomic E-state index is 0.213. The summed E-state index contributed by atoms with van der Waals surface area (Å²) in [5.41, 5.74) is 6.77. The first-order chi connectivity index (χ1) is 5.93. The molecule has 0 saturated carbocycles. The van der Waals surface area contributed by atoms with E-state index in [1.807, 2.05) is 13.0 Å². The Balaban J connectivity index is 0. The number of allylic oxidation sites excluding steroid dienone is 3. The van der Waals surface area contributed by atoms with Crippen LogP contribution in [-0.2, 0) is 0 Å². The van der Waals surface area contributed by atoms with E-state index in [9.17, 15) is 0 Å². The summed E-state index contributed by atoms with van der Waals surface area (Å²) < 4.78 is 0. The quantitative estimate of drug-likeness (QED) is 0.614. The highest BCUT2D eigenvalue weighted by Gasteiger charge is 2.12. The van der Waals surface area contributed by atoms with Gasteiger partial charge in [0.15, 0.2) is 0 Å². The maximum atomic E-state index is 5.28. The van der Waals surface area contributed by atoms with Crippen LogP contribution in [0.25, 0.3) is 0 Å². The van der Waals surface area contributed by atoms with E-state index in [0.29, 0.717) is 0 Å². The summed E-state index contributed by atoms with van der Waals surface area (Å²) in [6, 6.07) is 0. The van der Waals surface area contributed by atoms with E-state index in [-0.39, 0.29) is 5.41 Å². The van der Waals surface area contributed by atoms with E-state index in [2.05, 4.69) is 40.7 Å². The normalized spacial score (nSPS) is 12.6. The zero-order valence-electron chi connectivity index (χ0n) is 10.0. The standard InChI is InChI=1S/C9H17N.C3H8/c1-5-8(6-7-10)9(2,3)4;1-3-2/h5-7H,10H2,1-4H3;3H2,1-2H3/b7-6-,8-5+;. The molecule has 0 radical (unpaired) electrons. The van der Waals surface area contributed by atoms with E-state index in [1.54, 1.807) is 6.20 Å². The molecular formula is C12H25N. The van der Waals surface area contributed by atoms with Gasteiger partial charge in [-0.1, -0.05) is 47.1 Å². The molecule has 0 aliphatic rings. The molecule has 0 rings (SSSR count). The predicted molar refractivity (Wildman–Crippen MR) is 62.5 cm³/mol. The molecule has 2 N–H and O–H groups in total. The highest BCUT2D eigenvalue weighted by Crippen LogP contribution is 2.25. The topological polar surface area (TPSA) is 26.0 Å². The molecule has 78 valence electrons. The Morgan fingerprint density at radius 3 is 1.69 bits per heavy atom. The first-order valence-electron chi connectivity index (χ1n) is 4.99. The van der Waals surface area contributed by atoms with Crippen LogP contribution in [0.2, 0.25) is 0 Å². The van der Waals surface area contributed by atoms with Crippen LogP contribution in [0.5, 0.6) is 0 Å². The molecule has 0 aliphatic heterocycles. The molecule has 0 fully saturated rings. The zero-order chi connectivity index (χ0) is 10.9. The third-order valence-electron chi connectivity index (χ3n) is 1.45. The number of hydrogen-bond acceptors (Lipinski definition) is 1. The smallest absolute Gasteiger partial charge is 0.00595 e. The molecule has 0 saturated heterocycles. The van der Waals surface area contributed by atoms with E-state index in [1.165, 1.54) is 12.0 Å². The zero-order valence-corrected chi connectivity index (χ0v) is 10.0. The van der Waals surface area contributed by atoms with E-state index < -0.39 is 0 Å². The van der Waals surface area contributed by atoms with E-state index in [4.69, 9.17) is 5.73 Å². The molecular weight excluding hydrogens is 158 g/mol. The average Bonchev–Trinajstić information content (AvgIpc) is 1.99. The molecule has 0 spiro atoms. The van der Waals surface area contributed by atoms with Crippen molar-refractivity contribution in [2.24, 2.45) is 11.1 Å². The van der Waals surface area contributed by atoms with Crippen molar-refractivity contribution in [1.82, 2.24) is 0 Å². The second-order valence-electron chi connectivity index (χ2n) is 4.06. The van der Waals surface area contributed by atoms with Crippen LogP contribution in [0.3, 0.4) is 0 Å². The van der Waals surface area contributed by atoms with Gasteiger partial charge in [-0.2, -0.15) is 0 Å². The summed E-state index contributed by atoms with van der Waals surface area (Å²) in [6.45, 7) is 12.8. The van der Waals surface area contributed by atoms with Gasteiger partial charge in [-0.15, -0.1) is 0 Å². The molecule has 0 aliphatic carbocycles. The van der Waals surface area contributed by atoms with Crippen molar-refractivity contribution in [2.45, 2.75) is 48.0 Å². The third-order valence-corrected chi connectivity index (χ3v) is 1.45. The van der Waals surface area contributed by atoms with Crippen LogP contribution >= 0.6 is 0 Å². The summed E-state index contributed by atoms with van der Waals surface area (Å²) in [5, 5.41) is 0. The van der Waals surface area contributed by atoms with Gasteiger partial charge < -0.3 is 5.73 Å². The first-order valence-corrected chi connectivity index (χ1v) is 4.99. The number of hydrogen-bond donors (Lipinski definition) is 1. The molecule has 0 atom stereocenters. The van der Waals surface area contributed by atoms with Crippen molar-refractivity contribution < 1.29 is 0 Å². The van der Waals surface area contributed by atoms with Gasteiger partial charge in [0.25, 0.3) is 0 Å². The highest BCUT2D eigenvalue weighted by atomic mass is 14.5. The minimum atomic E-state index is 0.213. The van der Waals surface area contributed by atoms with Crippen LogP contribution in [0.4, 0.5) is 0 Å². The van der Waals surface area contributed by atoms with Gasteiger partial charge in [0.05, 0.1) is 0 Å². The van der Waals surface area contributed by atoms with E-state index in [0.717, 1.165) is 0 Å². The first kappa shape index (κ1) is 14.8. The van der Waals surface area contributed by atoms with Gasteiger partial charge in [-0.05, 0) is 30.2 Å². The van der Waals surface area contributed by atoms with Crippen LogP contribution in [-0.4, -0.2) is 0 Å².